The van der Waals surface area contributed by atoms with Crippen LogP contribution in [-0.4, -0.2) is 29.1 Å². The second kappa shape index (κ2) is 8.55. The SMILES string of the molecule is C=CN(C=O)C(=O)c1ccc(C2=NOC(c3cc(Cl)c(F)c(Cl)c3)(C(F)(F)F)C2)cc1C. The number of oxime groups is 1. The highest BCUT2D eigenvalue weighted by Gasteiger charge is 2.62. The monoisotopic (exact) mass is 488 g/mol. The van der Waals surface area contributed by atoms with Crippen LogP contribution in [-0.2, 0) is 15.2 Å². The van der Waals surface area contributed by atoms with Crippen molar-refractivity contribution in [2.24, 2.45) is 5.16 Å². The number of halogens is 6. The van der Waals surface area contributed by atoms with Gasteiger partial charge in [0, 0.05) is 23.7 Å². The number of nitrogens with zero attached hydrogens (tertiary/aromatic N) is 2. The highest BCUT2D eigenvalue weighted by Crippen LogP contribution is 2.50. The van der Waals surface area contributed by atoms with Crippen LogP contribution in [0.5, 0.6) is 0 Å². The topological polar surface area (TPSA) is 59.0 Å². The summed E-state index contributed by atoms with van der Waals surface area (Å²) in [6.07, 6.45) is -4.36. The number of rotatable bonds is 5. The summed E-state index contributed by atoms with van der Waals surface area (Å²) in [4.78, 5) is 28.9. The standard InChI is InChI=1S/C21H14Cl2F4N2O3/c1-3-29(10-30)19(31)14-5-4-12(6-11(14)2)17-9-20(32-28-17,21(25,26)27)13-7-15(22)18(24)16(23)8-13/h3-8,10H,1,9H2,2H3. The van der Waals surface area contributed by atoms with Gasteiger partial charge in [-0.25, -0.2) is 4.39 Å². The fourth-order valence-corrected chi connectivity index (χ4v) is 3.73. The Kier molecular flexibility index (Phi) is 6.35. The van der Waals surface area contributed by atoms with Gasteiger partial charge in [-0.3, -0.25) is 14.5 Å². The lowest BCUT2D eigenvalue weighted by atomic mass is 9.86. The first-order valence-electron chi connectivity index (χ1n) is 8.93. The van der Waals surface area contributed by atoms with Crippen LogP contribution >= 0.6 is 23.2 Å². The van der Waals surface area contributed by atoms with Gasteiger partial charge in [0.15, 0.2) is 5.82 Å². The molecule has 2 aromatic rings. The lowest BCUT2D eigenvalue weighted by molar-refractivity contribution is -0.275. The first-order valence-corrected chi connectivity index (χ1v) is 9.69. The van der Waals surface area contributed by atoms with Crippen LogP contribution in [0.15, 0.2) is 48.3 Å². The predicted molar refractivity (Wildman–Crippen MR) is 110 cm³/mol. The molecule has 2 amide bonds. The number of imide groups is 1. The van der Waals surface area contributed by atoms with Gasteiger partial charge in [-0.2, -0.15) is 13.2 Å². The maximum atomic E-state index is 14.1. The molecular weight excluding hydrogens is 475 g/mol. The molecule has 11 heteroatoms. The van der Waals surface area contributed by atoms with E-state index in [1.807, 2.05) is 0 Å². The van der Waals surface area contributed by atoms with Crippen molar-refractivity contribution >= 4 is 41.2 Å². The number of amides is 2. The number of benzene rings is 2. The Morgan fingerprint density at radius 2 is 1.88 bits per heavy atom. The summed E-state index contributed by atoms with van der Waals surface area (Å²) in [7, 11) is 0. The van der Waals surface area contributed by atoms with Gasteiger partial charge in [-0.15, -0.1) is 0 Å². The number of alkyl halides is 3. The molecule has 2 aromatic carbocycles. The molecule has 0 radical (unpaired) electrons. The van der Waals surface area contributed by atoms with Crippen molar-refractivity contribution in [2.45, 2.75) is 25.1 Å². The molecule has 0 aromatic heterocycles. The van der Waals surface area contributed by atoms with Crippen LogP contribution in [0.4, 0.5) is 17.6 Å². The van der Waals surface area contributed by atoms with Crippen LogP contribution in [0.2, 0.25) is 10.0 Å². The molecule has 1 aliphatic heterocycles. The predicted octanol–water partition coefficient (Wildman–Crippen LogP) is 5.77. The largest absolute Gasteiger partial charge is 0.435 e. The molecule has 0 N–H and O–H groups in total. The number of carbonyl (C=O) groups is 2. The number of carbonyl (C=O) groups excluding carboxylic acids is 2. The van der Waals surface area contributed by atoms with E-state index in [-0.39, 0.29) is 23.2 Å². The zero-order valence-corrected chi connectivity index (χ0v) is 17.9. The molecule has 0 saturated carbocycles. The first kappa shape index (κ1) is 23.7. The third kappa shape index (κ3) is 3.98. The molecule has 1 atom stereocenters. The summed E-state index contributed by atoms with van der Waals surface area (Å²) in [5.74, 6) is -1.70. The minimum atomic E-state index is -4.94. The fourth-order valence-electron chi connectivity index (χ4n) is 3.24. The molecule has 0 spiro atoms. The molecule has 3 rings (SSSR count). The van der Waals surface area contributed by atoms with Gasteiger partial charge in [0.05, 0.1) is 15.8 Å². The molecule has 0 aliphatic carbocycles. The summed E-state index contributed by atoms with van der Waals surface area (Å²) in [5.41, 5.74) is -2.68. The Balaban J connectivity index is 1.99. The second-order valence-electron chi connectivity index (χ2n) is 6.91. The molecule has 0 saturated heterocycles. The van der Waals surface area contributed by atoms with E-state index in [0.29, 0.717) is 5.56 Å². The average Bonchev–Trinajstić information content (AvgIpc) is 3.19. The van der Waals surface area contributed by atoms with Crippen LogP contribution < -0.4 is 0 Å². The van der Waals surface area contributed by atoms with Gasteiger partial charge in [-0.1, -0.05) is 41.0 Å². The highest BCUT2D eigenvalue weighted by atomic mass is 35.5. The van der Waals surface area contributed by atoms with E-state index >= 15 is 0 Å². The molecular formula is C21H14Cl2F4N2O3. The minimum absolute atomic E-state index is 0.0584. The second-order valence-corrected chi connectivity index (χ2v) is 7.73. The van der Waals surface area contributed by atoms with E-state index in [0.717, 1.165) is 23.2 Å². The van der Waals surface area contributed by atoms with Gasteiger partial charge in [0.2, 0.25) is 6.41 Å². The van der Waals surface area contributed by atoms with Crippen molar-refractivity contribution in [3.05, 3.63) is 81.2 Å². The van der Waals surface area contributed by atoms with E-state index in [2.05, 4.69) is 11.7 Å². The Morgan fingerprint density at radius 1 is 1.25 bits per heavy atom. The quantitative estimate of drug-likeness (QED) is 0.305. The number of hydrogen-bond donors (Lipinski definition) is 0. The van der Waals surface area contributed by atoms with Gasteiger partial charge in [0.25, 0.3) is 11.5 Å². The van der Waals surface area contributed by atoms with Crippen LogP contribution in [0.3, 0.4) is 0 Å². The van der Waals surface area contributed by atoms with Crippen molar-refractivity contribution in [2.75, 3.05) is 0 Å². The highest BCUT2D eigenvalue weighted by molar-refractivity contribution is 6.35. The molecule has 0 fully saturated rings. The van der Waals surface area contributed by atoms with Crippen LogP contribution in [0.1, 0.15) is 33.5 Å². The number of aryl methyl sites for hydroxylation is 1. The zero-order chi connectivity index (χ0) is 23.8. The molecule has 1 aliphatic rings. The maximum Gasteiger partial charge on any atom is 0.435 e. The third-order valence-electron chi connectivity index (χ3n) is 4.97. The maximum absolute atomic E-state index is 14.1. The lowest BCUT2D eigenvalue weighted by Gasteiger charge is -2.29. The van der Waals surface area contributed by atoms with E-state index in [4.69, 9.17) is 28.0 Å². The molecule has 32 heavy (non-hydrogen) atoms. The number of hydrogen-bond acceptors (Lipinski definition) is 4. The van der Waals surface area contributed by atoms with E-state index in [9.17, 15) is 27.2 Å². The van der Waals surface area contributed by atoms with E-state index in [1.165, 1.54) is 18.2 Å². The summed E-state index contributed by atoms with van der Waals surface area (Å²) in [6, 6.07) is 5.77. The fraction of sp³-hybridized carbons (Fsp3) is 0.190. The lowest BCUT2D eigenvalue weighted by Crippen LogP contribution is -2.42. The van der Waals surface area contributed by atoms with Crippen molar-refractivity contribution in [1.29, 1.82) is 0 Å². The smallest absolute Gasteiger partial charge is 0.374 e. The Morgan fingerprint density at radius 3 is 2.38 bits per heavy atom. The molecule has 1 unspecified atom stereocenters. The van der Waals surface area contributed by atoms with Crippen LogP contribution in [0, 0.1) is 12.7 Å². The van der Waals surface area contributed by atoms with Crippen molar-refractivity contribution < 1.29 is 32.0 Å². The van der Waals surface area contributed by atoms with Gasteiger partial charge in [0.1, 0.15) is 0 Å². The average molecular weight is 489 g/mol. The minimum Gasteiger partial charge on any atom is -0.374 e. The van der Waals surface area contributed by atoms with Crippen molar-refractivity contribution in [3.8, 4) is 0 Å². The molecule has 5 nitrogen and oxygen atoms in total. The molecule has 1 heterocycles. The summed E-state index contributed by atoms with van der Waals surface area (Å²) < 4.78 is 56.0. The Labute approximate surface area is 189 Å². The van der Waals surface area contributed by atoms with Gasteiger partial charge < -0.3 is 4.84 Å². The van der Waals surface area contributed by atoms with Crippen molar-refractivity contribution in [1.82, 2.24) is 4.90 Å². The summed E-state index contributed by atoms with van der Waals surface area (Å²) in [5, 5.41) is 2.44. The van der Waals surface area contributed by atoms with Crippen LogP contribution in [0.25, 0.3) is 0 Å². The van der Waals surface area contributed by atoms with E-state index < -0.39 is 45.5 Å². The van der Waals surface area contributed by atoms with Gasteiger partial charge in [-0.05, 0) is 42.3 Å². The van der Waals surface area contributed by atoms with E-state index in [1.54, 1.807) is 6.92 Å². The molecule has 0 bridgehead atoms. The zero-order valence-electron chi connectivity index (χ0n) is 16.3. The normalized spacial score (nSPS) is 18.0. The molecule has 168 valence electrons. The summed E-state index contributed by atoms with van der Waals surface area (Å²) in [6.45, 7) is 4.91. The third-order valence-corrected chi connectivity index (χ3v) is 5.52. The van der Waals surface area contributed by atoms with Crippen molar-refractivity contribution in [3.63, 3.8) is 0 Å². The first-order chi connectivity index (χ1) is 14.9. The van der Waals surface area contributed by atoms with Gasteiger partial charge >= 0.3 is 6.18 Å². The summed E-state index contributed by atoms with van der Waals surface area (Å²) >= 11 is 11.4. The Hall–Kier alpha value is -2.91. The Bertz CT molecular complexity index is 1120.